The van der Waals surface area contributed by atoms with Crippen molar-refractivity contribution in [2.45, 2.75) is 26.9 Å². The Morgan fingerprint density at radius 1 is 1.33 bits per heavy atom. The largest absolute Gasteiger partial charge is 0.369 e. The van der Waals surface area contributed by atoms with Crippen molar-refractivity contribution in [3.05, 3.63) is 22.4 Å². The van der Waals surface area contributed by atoms with E-state index < -0.39 is 6.10 Å². The molecule has 1 aromatic heterocycles. The van der Waals surface area contributed by atoms with Gasteiger partial charge in [-0.25, -0.2) is 0 Å². The lowest BCUT2D eigenvalue weighted by Gasteiger charge is -2.06. The maximum atomic E-state index is 9.47. The molecule has 0 aliphatic heterocycles. The van der Waals surface area contributed by atoms with Gasteiger partial charge < -0.3 is 5.11 Å². The summed E-state index contributed by atoms with van der Waals surface area (Å²) < 4.78 is 0. The second kappa shape index (κ2) is 5.03. The van der Waals surface area contributed by atoms with E-state index in [0.29, 0.717) is 0 Å². The van der Waals surface area contributed by atoms with Crippen LogP contribution in [-0.2, 0) is 0 Å². The third-order valence-corrected chi connectivity index (χ3v) is 2.22. The molecule has 1 heterocycles. The predicted molar refractivity (Wildman–Crippen MR) is 64.4 cm³/mol. The summed E-state index contributed by atoms with van der Waals surface area (Å²) in [5.41, 5.74) is -0.0917. The molecule has 1 aromatic rings. The number of thiophene rings is 1. The zero-order valence-electron chi connectivity index (χ0n) is 9.16. The molecule has 0 bridgehead atoms. The first kappa shape index (κ1) is 11.9. The van der Waals surface area contributed by atoms with Crippen LogP contribution in [0, 0.1) is 29.1 Å². The molecule has 0 aliphatic rings. The van der Waals surface area contributed by atoms with Crippen LogP contribution in [0.4, 0.5) is 0 Å². The lowest BCUT2D eigenvalue weighted by atomic mass is 9.98. The minimum atomic E-state index is -0.855. The van der Waals surface area contributed by atoms with Crippen molar-refractivity contribution in [1.29, 1.82) is 0 Å². The Morgan fingerprint density at radius 2 is 2.07 bits per heavy atom. The Kier molecular flexibility index (Phi) is 3.97. The first-order valence-electron chi connectivity index (χ1n) is 4.73. The van der Waals surface area contributed by atoms with E-state index in [1.54, 1.807) is 11.3 Å². The Hall–Kier alpha value is -1.22. The van der Waals surface area contributed by atoms with E-state index >= 15 is 0 Å². The van der Waals surface area contributed by atoms with Gasteiger partial charge in [0.15, 0.2) is 6.10 Å². The summed E-state index contributed by atoms with van der Waals surface area (Å²) in [4.78, 5) is 0.951. The van der Waals surface area contributed by atoms with Gasteiger partial charge in [-0.15, -0.1) is 11.3 Å². The van der Waals surface area contributed by atoms with E-state index in [1.807, 2.05) is 38.3 Å². The highest BCUT2D eigenvalue weighted by Crippen LogP contribution is 2.10. The SMILES string of the molecule is CC(C)(C)C#CC(O)C#Cc1cccs1. The van der Waals surface area contributed by atoms with Crippen molar-refractivity contribution in [2.75, 3.05) is 0 Å². The average molecular weight is 218 g/mol. The number of aliphatic hydroxyl groups is 1. The van der Waals surface area contributed by atoms with Gasteiger partial charge >= 0.3 is 0 Å². The van der Waals surface area contributed by atoms with Crippen LogP contribution in [0.5, 0.6) is 0 Å². The molecule has 0 aromatic carbocycles. The lowest BCUT2D eigenvalue weighted by Crippen LogP contribution is -2.04. The van der Waals surface area contributed by atoms with Crippen LogP contribution in [0.25, 0.3) is 0 Å². The van der Waals surface area contributed by atoms with Crippen molar-refractivity contribution in [2.24, 2.45) is 5.41 Å². The van der Waals surface area contributed by atoms with Crippen LogP contribution in [0.2, 0.25) is 0 Å². The predicted octanol–water partition coefficient (Wildman–Crippen LogP) is 2.51. The van der Waals surface area contributed by atoms with Gasteiger partial charge in [-0.1, -0.05) is 29.7 Å². The summed E-state index contributed by atoms with van der Waals surface area (Å²) >= 11 is 1.56. The molecule has 15 heavy (non-hydrogen) atoms. The molecule has 0 spiro atoms. The standard InChI is InChI=1S/C13H14OS/c1-13(2,3)9-8-11(14)6-7-12-5-4-10-15-12/h4-5,10-11,14H,1-3H3. The highest BCUT2D eigenvalue weighted by Gasteiger charge is 2.04. The Bertz CT molecular complexity index is 415. The van der Waals surface area contributed by atoms with E-state index in [2.05, 4.69) is 23.7 Å². The third-order valence-electron chi connectivity index (χ3n) is 1.44. The molecule has 1 atom stereocenters. The van der Waals surface area contributed by atoms with Gasteiger partial charge in [-0.3, -0.25) is 0 Å². The molecular formula is C13H14OS. The molecule has 2 heteroatoms. The summed E-state index contributed by atoms with van der Waals surface area (Å²) in [6, 6.07) is 3.85. The van der Waals surface area contributed by atoms with Gasteiger partial charge in [0.25, 0.3) is 0 Å². The zero-order chi connectivity index (χ0) is 11.3. The smallest absolute Gasteiger partial charge is 0.176 e. The van der Waals surface area contributed by atoms with Crippen molar-refractivity contribution >= 4 is 11.3 Å². The first-order chi connectivity index (χ1) is 6.97. The van der Waals surface area contributed by atoms with Crippen LogP contribution >= 0.6 is 11.3 Å². The number of hydrogen-bond acceptors (Lipinski definition) is 2. The van der Waals surface area contributed by atoms with Crippen molar-refractivity contribution in [3.8, 4) is 23.7 Å². The molecule has 0 amide bonds. The number of hydrogen-bond donors (Lipinski definition) is 1. The molecule has 1 unspecified atom stereocenters. The van der Waals surface area contributed by atoms with Gasteiger partial charge in [0, 0.05) is 5.41 Å². The molecular weight excluding hydrogens is 204 g/mol. The highest BCUT2D eigenvalue weighted by atomic mass is 32.1. The van der Waals surface area contributed by atoms with E-state index in [4.69, 9.17) is 0 Å². The fraction of sp³-hybridized carbons (Fsp3) is 0.385. The van der Waals surface area contributed by atoms with Crippen molar-refractivity contribution in [3.63, 3.8) is 0 Å². The minimum absolute atomic E-state index is 0.0917. The summed E-state index contributed by atoms with van der Waals surface area (Å²) in [5, 5.41) is 11.4. The van der Waals surface area contributed by atoms with Gasteiger partial charge in [0.2, 0.25) is 0 Å². The number of aliphatic hydroxyl groups excluding tert-OH is 1. The Balaban J connectivity index is 2.63. The summed E-state index contributed by atoms with van der Waals surface area (Å²) in [6.07, 6.45) is -0.855. The topological polar surface area (TPSA) is 20.2 Å². The summed E-state index contributed by atoms with van der Waals surface area (Å²) in [7, 11) is 0. The molecule has 0 fully saturated rings. The molecule has 1 rings (SSSR count). The highest BCUT2D eigenvalue weighted by molar-refractivity contribution is 7.10. The van der Waals surface area contributed by atoms with Crippen molar-refractivity contribution in [1.82, 2.24) is 0 Å². The van der Waals surface area contributed by atoms with E-state index in [0.717, 1.165) is 4.88 Å². The Labute approximate surface area is 95.1 Å². The van der Waals surface area contributed by atoms with Crippen LogP contribution in [0.1, 0.15) is 25.6 Å². The summed E-state index contributed by atoms with van der Waals surface area (Å²) in [5.74, 6) is 11.3. The van der Waals surface area contributed by atoms with Gasteiger partial charge in [0.05, 0.1) is 4.88 Å². The number of rotatable bonds is 0. The third kappa shape index (κ3) is 5.27. The quantitative estimate of drug-likeness (QED) is 0.663. The lowest BCUT2D eigenvalue weighted by molar-refractivity contribution is 0.289. The second-order valence-electron chi connectivity index (χ2n) is 4.17. The molecule has 0 saturated heterocycles. The van der Waals surface area contributed by atoms with Crippen LogP contribution in [0.3, 0.4) is 0 Å². The van der Waals surface area contributed by atoms with E-state index in [-0.39, 0.29) is 5.41 Å². The molecule has 0 radical (unpaired) electrons. The first-order valence-corrected chi connectivity index (χ1v) is 5.61. The maximum Gasteiger partial charge on any atom is 0.176 e. The van der Waals surface area contributed by atoms with E-state index in [1.165, 1.54) is 0 Å². The zero-order valence-corrected chi connectivity index (χ0v) is 9.98. The minimum Gasteiger partial charge on any atom is -0.369 e. The van der Waals surface area contributed by atoms with Gasteiger partial charge in [-0.05, 0) is 32.2 Å². The molecule has 0 aliphatic carbocycles. The summed E-state index contributed by atoms with van der Waals surface area (Å²) in [6.45, 7) is 6.00. The van der Waals surface area contributed by atoms with Gasteiger partial charge in [-0.2, -0.15) is 0 Å². The maximum absolute atomic E-state index is 9.47. The van der Waals surface area contributed by atoms with Gasteiger partial charge in [0.1, 0.15) is 0 Å². The molecule has 1 N–H and O–H groups in total. The molecule has 78 valence electrons. The Morgan fingerprint density at radius 3 is 2.60 bits per heavy atom. The fourth-order valence-electron chi connectivity index (χ4n) is 0.810. The second-order valence-corrected chi connectivity index (χ2v) is 5.12. The molecule has 0 saturated carbocycles. The molecule has 1 nitrogen and oxygen atoms in total. The normalized spacial score (nSPS) is 12.0. The van der Waals surface area contributed by atoms with Crippen LogP contribution in [-0.4, -0.2) is 11.2 Å². The fourth-order valence-corrected chi connectivity index (χ4v) is 1.39. The van der Waals surface area contributed by atoms with Crippen LogP contribution < -0.4 is 0 Å². The van der Waals surface area contributed by atoms with Crippen LogP contribution in [0.15, 0.2) is 17.5 Å². The average Bonchev–Trinajstić information content (AvgIpc) is 2.62. The van der Waals surface area contributed by atoms with Crippen molar-refractivity contribution < 1.29 is 5.11 Å². The van der Waals surface area contributed by atoms with E-state index in [9.17, 15) is 5.11 Å². The monoisotopic (exact) mass is 218 g/mol.